The van der Waals surface area contributed by atoms with Crippen LogP contribution >= 0.6 is 0 Å². The van der Waals surface area contributed by atoms with E-state index in [1.165, 1.54) is 4.90 Å². The maximum absolute atomic E-state index is 12.6. The normalized spacial score (nSPS) is 10.8. The van der Waals surface area contributed by atoms with Crippen LogP contribution in [0.1, 0.15) is 21.5 Å². The van der Waals surface area contributed by atoms with Crippen LogP contribution in [0, 0.1) is 13.8 Å². The number of carbonyl (C=O) groups is 2. The first-order valence-electron chi connectivity index (χ1n) is 8.27. The van der Waals surface area contributed by atoms with Crippen molar-refractivity contribution in [1.29, 1.82) is 0 Å². The molecular formula is C19H21N5O2. The summed E-state index contributed by atoms with van der Waals surface area (Å²) in [7, 11) is 3.40. The van der Waals surface area contributed by atoms with E-state index in [9.17, 15) is 9.59 Å². The predicted molar refractivity (Wildman–Crippen MR) is 100 cm³/mol. The lowest BCUT2D eigenvalue weighted by molar-refractivity contribution is -0.116. The molecule has 1 N–H and O–H groups in total. The van der Waals surface area contributed by atoms with Gasteiger partial charge in [-0.05, 0) is 49.2 Å². The summed E-state index contributed by atoms with van der Waals surface area (Å²) in [6, 6.07) is 11.1. The van der Waals surface area contributed by atoms with Crippen LogP contribution in [-0.4, -0.2) is 45.3 Å². The average Bonchev–Trinajstić information content (AvgIpc) is 2.98. The fourth-order valence-corrected chi connectivity index (χ4v) is 2.74. The number of benzene rings is 2. The number of nitrogens with zero attached hydrogens (tertiary/aromatic N) is 4. The van der Waals surface area contributed by atoms with Gasteiger partial charge in [0.15, 0.2) is 0 Å². The zero-order valence-corrected chi connectivity index (χ0v) is 15.3. The minimum Gasteiger partial charge on any atom is -0.332 e. The van der Waals surface area contributed by atoms with E-state index in [0.29, 0.717) is 11.1 Å². The van der Waals surface area contributed by atoms with E-state index in [-0.39, 0.29) is 18.4 Å². The maximum atomic E-state index is 12.6. The summed E-state index contributed by atoms with van der Waals surface area (Å²) in [5.74, 6) is -0.483. The second kappa shape index (κ2) is 6.95. The molecule has 7 heteroatoms. The number of nitrogens with one attached hydrogen (secondary N) is 1. The Hall–Kier alpha value is -3.22. The highest BCUT2D eigenvalue weighted by Crippen LogP contribution is 2.17. The van der Waals surface area contributed by atoms with Crippen LogP contribution in [-0.2, 0) is 11.8 Å². The van der Waals surface area contributed by atoms with Crippen molar-refractivity contribution in [2.24, 2.45) is 7.05 Å². The molecular weight excluding hydrogens is 330 g/mol. The Bertz CT molecular complexity index is 993. The Balaban J connectivity index is 1.69. The van der Waals surface area contributed by atoms with Crippen molar-refractivity contribution in [3.63, 3.8) is 0 Å². The lowest BCUT2D eigenvalue weighted by Crippen LogP contribution is -2.35. The molecule has 0 radical (unpaired) electrons. The zero-order valence-electron chi connectivity index (χ0n) is 15.3. The molecule has 0 aliphatic heterocycles. The van der Waals surface area contributed by atoms with E-state index >= 15 is 0 Å². The predicted octanol–water partition coefficient (Wildman–Crippen LogP) is 2.30. The second-order valence-electron chi connectivity index (χ2n) is 6.44. The molecule has 0 spiro atoms. The topological polar surface area (TPSA) is 80.1 Å². The molecule has 2 amide bonds. The van der Waals surface area contributed by atoms with E-state index < -0.39 is 0 Å². The summed E-state index contributed by atoms with van der Waals surface area (Å²) in [5, 5.41) is 10.8. The number of likely N-dealkylation sites (N-methyl/N-ethyl adjacent to an activating group) is 1. The Morgan fingerprint density at radius 2 is 1.92 bits per heavy atom. The van der Waals surface area contributed by atoms with Gasteiger partial charge in [0.1, 0.15) is 5.52 Å². The quantitative estimate of drug-likeness (QED) is 0.782. The van der Waals surface area contributed by atoms with Gasteiger partial charge >= 0.3 is 0 Å². The highest BCUT2D eigenvalue weighted by atomic mass is 16.2. The molecule has 0 aliphatic carbocycles. The van der Waals surface area contributed by atoms with Crippen molar-refractivity contribution < 1.29 is 9.59 Å². The second-order valence-corrected chi connectivity index (χ2v) is 6.44. The lowest BCUT2D eigenvalue weighted by Gasteiger charge is -2.17. The number of carbonyl (C=O) groups excluding carboxylic acids is 2. The third kappa shape index (κ3) is 3.56. The average molecular weight is 351 g/mol. The van der Waals surface area contributed by atoms with E-state index in [4.69, 9.17) is 0 Å². The molecule has 0 saturated carbocycles. The number of rotatable bonds is 4. The Morgan fingerprint density at radius 1 is 1.15 bits per heavy atom. The van der Waals surface area contributed by atoms with Crippen LogP contribution in [0.2, 0.25) is 0 Å². The molecule has 0 atom stereocenters. The van der Waals surface area contributed by atoms with Crippen LogP contribution in [0.15, 0.2) is 36.4 Å². The fourth-order valence-electron chi connectivity index (χ4n) is 2.74. The van der Waals surface area contributed by atoms with Crippen molar-refractivity contribution >= 4 is 28.5 Å². The van der Waals surface area contributed by atoms with E-state index in [2.05, 4.69) is 15.6 Å². The smallest absolute Gasteiger partial charge is 0.254 e. The van der Waals surface area contributed by atoms with Gasteiger partial charge in [0, 0.05) is 25.3 Å². The molecule has 0 saturated heterocycles. The molecule has 26 heavy (non-hydrogen) atoms. The fraction of sp³-hybridized carbons (Fsp3) is 0.263. The van der Waals surface area contributed by atoms with Crippen molar-refractivity contribution in [1.82, 2.24) is 19.9 Å². The third-order valence-corrected chi connectivity index (χ3v) is 4.25. The molecule has 3 aromatic rings. The van der Waals surface area contributed by atoms with Gasteiger partial charge in [-0.1, -0.05) is 17.3 Å². The van der Waals surface area contributed by atoms with Crippen LogP contribution < -0.4 is 5.32 Å². The summed E-state index contributed by atoms with van der Waals surface area (Å²) in [4.78, 5) is 26.3. The largest absolute Gasteiger partial charge is 0.332 e. The number of aromatic nitrogens is 3. The summed E-state index contributed by atoms with van der Waals surface area (Å²) in [6.07, 6.45) is 0. The minimum absolute atomic E-state index is 0.0370. The molecule has 7 nitrogen and oxygen atoms in total. The van der Waals surface area contributed by atoms with Crippen molar-refractivity contribution in [2.45, 2.75) is 13.8 Å². The molecule has 0 aliphatic rings. The van der Waals surface area contributed by atoms with Crippen LogP contribution in [0.25, 0.3) is 11.0 Å². The first-order chi connectivity index (χ1) is 12.3. The molecule has 0 fully saturated rings. The summed E-state index contributed by atoms with van der Waals surface area (Å²) < 4.78 is 1.64. The van der Waals surface area contributed by atoms with Gasteiger partial charge in [0.2, 0.25) is 5.91 Å². The minimum atomic E-state index is -0.242. The van der Waals surface area contributed by atoms with Gasteiger partial charge in [-0.25, -0.2) is 4.68 Å². The molecule has 0 unspecified atom stereocenters. The standard InChI is InChI=1S/C19H21N5O2/c1-12-5-6-13(2)15(9-12)20-18(25)11-23(3)19(26)14-7-8-17-16(10-14)21-22-24(17)4/h5-10H,11H2,1-4H3,(H,20,25). The number of aryl methyl sites for hydroxylation is 3. The molecule has 134 valence electrons. The third-order valence-electron chi connectivity index (χ3n) is 4.25. The van der Waals surface area contributed by atoms with Gasteiger partial charge < -0.3 is 10.2 Å². The van der Waals surface area contributed by atoms with Crippen LogP contribution in [0.4, 0.5) is 5.69 Å². The van der Waals surface area contributed by atoms with E-state index in [0.717, 1.165) is 22.3 Å². The number of fused-ring (bicyclic) bond motifs is 1. The highest BCUT2D eigenvalue weighted by molar-refractivity contribution is 6.01. The van der Waals surface area contributed by atoms with Crippen molar-refractivity contribution in [3.05, 3.63) is 53.1 Å². The lowest BCUT2D eigenvalue weighted by atomic mass is 10.1. The van der Waals surface area contributed by atoms with E-state index in [1.807, 2.05) is 32.0 Å². The van der Waals surface area contributed by atoms with Crippen molar-refractivity contribution in [3.8, 4) is 0 Å². The number of hydrogen-bond acceptors (Lipinski definition) is 4. The summed E-state index contributed by atoms with van der Waals surface area (Å²) >= 11 is 0. The molecule has 2 aromatic carbocycles. The molecule has 1 heterocycles. The number of amides is 2. The SMILES string of the molecule is Cc1ccc(C)c(NC(=O)CN(C)C(=O)c2ccc3c(c2)nnn3C)c1. The summed E-state index contributed by atoms with van der Waals surface area (Å²) in [6.45, 7) is 3.86. The van der Waals surface area contributed by atoms with Gasteiger partial charge in [-0.3, -0.25) is 9.59 Å². The molecule has 1 aromatic heterocycles. The summed E-state index contributed by atoms with van der Waals surface area (Å²) in [5.41, 5.74) is 4.76. The Labute approximate surface area is 151 Å². The van der Waals surface area contributed by atoms with E-state index in [1.54, 1.807) is 37.0 Å². The number of hydrogen-bond donors (Lipinski definition) is 1. The Kier molecular flexibility index (Phi) is 4.71. The van der Waals surface area contributed by atoms with Gasteiger partial charge in [0.05, 0.1) is 12.1 Å². The Morgan fingerprint density at radius 3 is 2.69 bits per heavy atom. The first kappa shape index (κ1) is 17.6. The monoisotopic (exact) mass is 351 g/mol. The zero-order chi connectivity index (χ0) is 18.8. The van der Waals surface area contributed by atoms with Gasteiger partial charge in [-0.2, -0.15) is 0 Å². The number of anilines is 1. The van der Waals surface area contributed by atoms with Crippen molar-refractivity contribution in [2.75, 3.05) is 18.9 Å². The van der Waals surface area contributed by atoms with Crippen LogP contribution in [0.5, 0.6) is 0 Å². The molecule has 3 rings (SSSR count). The highest BCUT2D eigenvalue weighted by Gasteiger charge is 2.17. The van der Waals surface area contributed by atoms with Gasteiger partial charge in [0.25, 0.3) is 5.91 Å². The van der Waals surface area contributed by atoms with Crippen LogP contribution in [0.3, 0.4) is 0 Å². The van der Waals surface area contributed by atoms with Gasteiger partial charge in [-0.15, -0.1) is 5.10 Å². The molecule has 0 bridgehead atoms. The maximum Gasteiger partial charge on any atom is 0.254 e. The first-order valence-corrected chi connectivity index (χ1v) is 8.27.